The molecule has 0 saturated carbocycles. The Labute approximate surface area is 402 Å². The fourth-order valence-corrected chi connectivity index (χ4v) is 12.1. The minimum Gasteiger partial charge on any atom is -0.310 e. The molecular formula is C68H45N. The number of hydrogen-bond donors (Lipinski definition) is 0. The van der Waals surface area contributed by atoms with Crippen LogP contribution in [0.15, 0.2) is 237 Å². The quantitative estimate of drug-likeness (QED) is 0.154. The van der Waals surface area contributed by atoms with Gasteiger partial charge in [-0.2, -0.15) is 0 Å². The van der Waals surface area contributed by atoms with Crippen LogP contribution in [0, 0.1) is 13.8 Å². The van der Waals surface area contributed by atoms with E-state index in [1.165, 1.54) is 132 Å². The largest absolute Gasteiger partial charge is 0.310 e. The van der Waals surface area contributed by atoms with Crippen molar-refractivity contribution in [2.45, 2.75) is 13.8 Å². The van der Waals surface area contributed by atoms with Crippen molar-refractivity contribution in [3.63, 3.8) is 0 Å². The van der Waals surface area contributed by atoms with Crippen molar-refractivity contribution >= 4 is 49.4 Å². The molecule has 0 bridgehead atoms. The first-order chi connectivity index (χ1) is 34.1. The molecule has 0 spiro atoms. The molecule has 14 rings (SSSR count). The van der Waals surface area contributed by atoms with Gasteiger partial charge in [0, 0.05) is 17.1 Å². The molecule has 0 aromatic heterocycles. The van der Waals surface area contributed by atoms with Crippen molar-refractivity contribution in [2.24, 2.45) is 0 Å². The number of nitrogens with zero attached hydrogens (tertiary/aromatic N) is 1. The highest BCUT2D eigenvalue weighted by Crippen LogP contribution is 2.65. The van der Waals surface area contributed by atoms with Crippen molar-refractivity contribution in [3.8, 4) is 89.0 Å². The van der Waals surface area contributed by atoms with Crippen LogP contribution in [0.25, 0.3) is 121 Å². The van der Waals surface area contributed by atoms with Crippen LogP contribution in [0.3, 0.4) is 0 Å². The maximum absolute atomic E-state index is 2.47. The van der Waals surface area contributed by atoms with Crippen molar-refractivity contribution in [1.82, 2.24) is 0 Å². The van der Waals surface area contributed by atoms with Crippen molar-refractivity contribution in [2.75, 3.05) is 4.90 Å². The lowest BCUT2D eigenvalue weighted by Crippen LogP contribution is -2.09. The smallest absolute Gasteiger partial charge is 0.0468 e. The number of benzene rings is 12. The molecule has 0 atom stereocenters. The maximum Gasteiger partial charge on any atom is 0.0468 e. The first kappa shape index (κ1) is 39.4. The summed E-state index contributed by atoms with van der Waals surface area (Å²) >= 11 is 0. The monoisotopic (exact) mass is 875 g/mol. The summed E-state index contributed by atoms with van der Waals surface area (Å²) in [5.74, 6) is 0. The highest BCUT2D eigenvalue weighted by atomic mass is 15.1. The molecule has 2 aliphatic rings. The molecule has 2 aliphatic carbocycles. The van der Waals surface area contributed by atoms with E-state index in [1.54, 1.807) is 0 Å². The zero-order chi connectivity index (χ0) is 45.7. The number of fused-ring (bicyclic) bond motifs is 8. The maximum atomic E-state index is 2.47. The molecule has 0 aliphatic heterocycles. The third-order valence-corrected chi connectivity index (χ3v) is 15.0. The third-order valence-electron chi connectivity index (χ3n) is 15.0. The fourth-order valence-electron chi connectivity index (χ4n) is 12.1. The van der Waals surface area contributed by atoms with Gasteiger partial charge in [0.2, 0.25) is 0 Å². The van der Waals surface area contributed by atoms with E-state index >= 15 is 0 Å². The molecule has 0 amide bonds. The zero-order valence-electron chi connectivity index (χ0n) is 38.5. The van der Waals surface area contributed by atoms with Gasteiger partial charge in [0.25, 0.3) is 0 Å². The van der Waals surface area contributed by atoms with E-state index in [0.29, 0.717) is 0 Å². The number of para-hydroxylation sites is 2. The summed E-state index contributed by atoms with van der Waals surface area (Å²) in [7, 11) is 0. The Hall–Kier alpha value is -8.78. The summed E-state index contributed by atoms with van der Waals surface area (Å²) in [6.45, 7) is 4.53. The Bertz CT molecular complexity index is 3920. The average Bonchev–Trinajstić information content (AvgIpc) is 3.91. The SMILES string of the molecule is Cc1ccccc1-c1c2c(c(-c3ccccc3C)c3ccccc13)-c1ccc3c4c(ccc-2c14)-c1c-3c(-c2ccccc2)c2cc(N(c3ccccc3)c3ccccc3)ccc2c1-c1ccccc1. The van der Waals surface area contributed by atoms with Crippen molar-refractivity contribution in [3.05, 3.63) is 248 Å². The molecule has 12 aromatic rings. The lowest BCUT2D eigenvalue weighted by atomic mass is 9.80. The van der Waals surface area contributed by atoms with Gasteiger partial charge >= 0.3 is 0 Å². The third kappa shape index (κ3) is 5.78. The number of anilines is 3. The molecule has 1 heteroatoms. The number of hydrogen-bond acceptors (Lipinski definition) is 1. The topological polar surface area (TPSA) is 3.24 Å². The normalized spacial score (nSPS) is 11.9. The van der Waals surface area contributed by atoms with Gasteiger partial charge in [-0.3, -0.25) is 0 Å². The van der Waals surface area contributed by atoms with Crippen LogP contribution < -0.4 is 4.90 Å². The Balaban J connectivity index is 1.13. The van der Waals surface area contributed by atoms with Gasteiger partial charge in [-0.1, -0.05) is 200 Å². The van der Waals surface area contributed by atoms with Crippen molar-refractivity contribution in [1.29, 1.82) is 0 Å². The summed E-state index contributed by atoms with van der Waals surface area (Å²) in [5.41, 5.74) is 26.5. The lowest BCUT2D eigenvalue weighted by Gasteiger charge is -2.27. The van der Waals surface area contributed by atoms with Crippen LogP contribution in [0.1, 0.15) is 11.1 Å². The zero-order valence-corrected chi connectivity index (χ0v) is 38.5. The van der Waals surface area contributed by atoms with Gasteiger partial charge in [0.05, 0.1) is 0 Å². The molecule has 0 heterocycles. The van der Waals surface area contributed by atoms with Gasteiger partial charge < -0.3 is 4.90 Å². The van der Waals surface area contributed by atoms with Crippen molar-refractivity contribution < 1.29 is 0 Å². The van der Waals surface area contributed by atoms with Gasteiger partial charge in [-0.25, -0.2) is 0 Å². The minimum absolute atomic E-state index is 1.11. The molecule has 1 nitrogen and oxygen atoms in total. The Morgan fingerprint density at radius 3 is 1.01 bits per heavy atom. The van der Waals surface area contributed by atoms with Gasteiger partial charge in [-0.15, -0.1) is 0 Å². The predicted octanol–water partition coefficient (Wildman–Crippen LogP) is 19.2. The molecule has 0 N–H and O–H groups in total. The van der Waals surface area contributed by atoms with E-state index in [4.69, 9.17) is 0 Å². The highest BCUT2D eigenvalue weighted by molar-refractivity contribution is 6.35. The van der Waals surface area contributed by atoms with Gasteiger partial charge in [0.1, 0.15) is 0 Å². The standard InChI is InChI=1S/C68H45N/c1-42-21-15-17-31-49(42)61-51-33-19-20-34-52(51)62(50-32-18-16-22-43(50)2)68-57-40-38-55-63-54(37-39-56(64(57)63)67(61)68)65-59(44-23-7-3-8-24-44)53-36-35-48(41-58(53)60(66(55)65)45-25-9-4-10-26-45)69(46-27-11-5-12-28-46)47-29-13-6-14-30-47/h3-41H,1-2H3. The fraction of sp³-hybridized carbons (Fsp3) is 0.0294. The Morgan fingerprint density at radius 1 is 0.232 bits per heavy atom. The van der Waals surface area contributed by atoms with E-state index in [0.717, 1.165) is 17.1 Å². The Morgan fingerprint density at radius 2 is 0.580 bits per heavy atom. The van der Waals surface area contributed by atoms with E-state index < -0.39 is 0 Å². The average molecular weight is 876 g/mol. The van der Waals surface area contributed by atoms with Gasteiger partial charge in [-0.05, 0) is 183 Å². The molecule has 12 aromatic carbocycles. The minimum atomic E-state index is 1.11. The molecule has 0 fully saturated rings. The summed E-state index contributed by atoms with van der Waals surface area (Å²) in [5, 5.41) is 7.72. The summed E-state index contributed by atoms with van der Waals surface area (Å²) in [4.78, 5) is 2.39. The summed E-state index contributed by atoms with van der Waals surface area (Å²) in [6.07, 6.45) is 0. The number of aryl methyl sites for hydroxylation is 2. The van der Waals surface area contributed by atoms with Gasteiger partial charge in [0.15, 0.2) is 0 Å². The molecule has 0 saturated heterocycles. The molecule has 0 radical (unpaired) electrons. The number of rotatable bonds is 7. The van der Waals surface area contributed by atoms with Crippen LogP contribution in [0.4, 0.5) is 17.1 Å². The second-order valence-electron chi connectivity index (χ2n) is 18.7. The van der Waals surface area contributed by atoms with Crippen LogP contribution in [0.5, 0.6) is 0 Å². The predicted molar refractivity (Wildman–Crippen MR) is 294 cm³/mol. The second kappa shape index (κ2) is 15.4. The Kier molecular flexibility index (Phi) is 8.78. The van der Waals surface area contributed by atoms with E-state index in [2.05, 4.69) is 255 Å². The molecular weight excluding hydrogens is 831 g/mol. The first-order valence-electron chi connectivity index (χ1n) is 24.1. The summed E-state index contributed by atoms with van der Waals surface area (Å²) < 4.78 is 0. The van der Waals surface area contributed by atoms with E-state index in [-0.39, 0.29) is 0 Å². The highest BCUT2D eigenvalue weighted by Gasteiger charge is 2.37. The van der Waals surface area contributed by atoms with Crippen LogP contribution in [-0.2, 0) is 0 Å². The lowest BCUT2D eigenvalue weighted by molar-refractivity contribution is 1.29. The first-order valence-corrected chi connectivity index (χ1v) is 24.1. The van der Waals surface area contributed by atoms with Crippen LogP contribution in [0.2, 0.25) is 0 Å². The van der Waals surface area contributed by atoms with Crippen LogP contribution in [-0.4, -0.2) is 0 Å². The molecule has 69 heavy (non-hydrogen) atoms. The van der Waals surface area contributed by atoms with E-state index in [1.807, 2.05) is 0 Å². The van der Waals surface area contributed by atoms with Crippen LogP contribution >= 0.6 is 0 Å². The summed E-state index contributed by atoms with van der Waals surface area (Å²) in [6, 6.07) is 87.8. The van der Waals surface area contributed by atoms with E-state index in [9.17, 15) is 0 Å². The second-order valence-corrected chi connectivity index (χ2v) is 18.7. The molecule has 322 valence electrons. The molecule has 0 unspecified atom stereocenters.